The number of ether oxygens (including phenoxy) is 3. The van der Waals surface area contributed by atoms with Crippen LogP contribution in [-0.4, -0.2) is 112 Å². The van der Waals surface area contributed by atoms with Crippen LogP contribution < -0.4 is 4.74 Å². The van der Waals surface area contributed by atoms with Crippen molar-refractivity contribution in [2.24, 2.45) is 11.8 Å². The van der Waals surface area contributed by atoms with E-state index in [1.165, 1.54) is 0 Å². The molecular weight excluding hydrogens is 514 g/mol. The van der Waals surface area contributed by atoms with Gasteiger partial charge in [-0.25, -0.2) is 9.78 Å². The normalized spacial score (nSPS) is 26.6. The highest BCUT2D eigenvalue weighted by atomic mass is 16.5. The van der Waals surface area contributed by atoms with Gasteiger partial charge in [-0.2, -0.15) is 15.4 Å². The number of hydrogen-bond donors (Lipinski definition) is 1. The van der Waals surface area contributed by atoms with E-state index in [0.29, 0.717) is 75.6 Å². The molecule has 2 aromatic heterocycles. The topological polar surface area (TPSA) is 126 Å². The number of pyridine rings is 1. The number of H-pyrrole nitrogens is 1. The summed E-state index contributed by atoms with van der Waals surface area (Å²) < 4.78 is 17.7. The molecule has 1 N–H and O–H groups in total. The SMILES string of the molecule is CO[C@@]12CN(C(=O)c3cc(OCC4CCOCC4)nc(C4CC4)c3)C[C@H]1CN(C(=O)N1CCc3n[nH]nc3C1)C2. The van der Waals surface area contributed by atoms with E-state index in [1.54, 1.807) is 13.2 Å². The molecule has 2 aromatic rings. The molecule has 40 heavy (non-hydrogen) atoms. The maximum atomic E-state index is 13.8. The molecule has 7 rings (SSSR count). The Morgan fingerprint density at radius 2 is 1.82 bits per heavy atom. The average Bonchev–Trinajstić information content (AvgIpc) is 3.48. The Hall–Kier alpha value is -3.25. The lowest BCUT2D eigenvalue weighted by Gasteiger charge is -2.32. The van der Waals surface area contributed by atoms with Gasteiger partial charge in [-0.3, -0.25) is 4.79 Å². The van der Waals surface area contributed by atoms with Crippen molar-refractivity contribution in [1.29, 1.82) is 0 Å². The molecular formula is C28H37N7O5. The van der Waals surface area contributed by atoms with Crippen LogP contribution in [-0.2, 0) is 22.4 Å². The zero-order chi connectivity index (χ0) is 27.3. The van der Waals surface area contributed by atoms with Crippen LogP contribution in [0, 0.1) is 11.8 Å². The second-order valence-corrected chi connectivity index (χ2v) is 12.0. The highest BCUT2D eigenvalue weighted by Gasteiger charge is 2.55. The molecule has 0 aromatic carbocycles. The largest absolute Gasteiger partial charge is 0.477 e. The molecule has 6 heterocycles. The van der Waals surface area contributed by atoms with Crippen molar-refractivity contribution in [3.63, 3.8) is 0 Å². The van der Waals surface area contributed by atoms with Crippen LogP contribution in [0.4, 0.5) is 4.79 Å². The second-order valence-electron chi connectivity index (χ2n) is 12.0. The van der Waals surface area contributed by atoms with Gasteiger partial charge < -0.3 is 28.9 Å². The van der Waals surface area contributed by atoms with Crippen LogP contribution in [0.3, 0.4) is 0 Å². The van der Waals surface area contributed by atoms with Gasteiger partial charge in [-0.15, -0.1) is 0 Å². The van der Waals surface area contributed by atoms with Crippen LogP contribution in [0.15, 0.2) is 12.1 Å². The molecule has 5 aliphatic rings. The van der Waals surface area contributed by atoms with Gasteiger partial charge in [0, 0.05) is 75.5 Å². The molecule has 1 aliphatic carbocycles. The third kappa shape index (κ3) is 4.81. The molecule has 4 aliphatic heterocycles. The third-order valence-corrected chi connectivity index (χ3v) is 9.31. The summed E-state index contributed by atoms with van der Waals surface area (Å²) in [7, 11) is 1.69. The quantitative estimate of drug-likeness (QED) is 0.577. The lowest BCUT2D eigenvalue weighted by atomic mass is 9.95. The van der Waals surface area contributed by atoms with Crippen molar-refractivity contribution in [2.75, 3.05) is 59.7 Å². The van der Waals surface area contributed by atoms with Gasteiger partial charge >= 0.3 is 6.03 Å². The molecule has 0 radical (unpaired) electrons. The van der Waals surface area contributed by atoms with E-state index in [9.17, 15) is 9.59 Å². The predicted molar refractivity (Wildman–Crippen MR) is 142 cm³/mol. The molecule has 0 bridgehead atoms. The van der Waals surface area contributed by atoms with E-state index < -0.39 is 5.60 Å². The Kier molecular flexibility index (Phi) is 6.62. The van der Waals surface area contributed by atoms with Crippen LogP contribution in [0.1, 0.15) is 59.0 Å². The molecule has 4 fully saturated rings. The lowest BCUT2D eigenvalue weighted by molar-refractivity contribution is -0.0107. The first-order valence-electron chi connectivity index (χ1n) is 14.5. The molecule has 1 saturated carbocycles. The van der Waals surface area contributed by atoms with Crippen LogP contribution >= 0.6 is 0 Å². The van der Waals surface area contributed by atoms with Crippen molar-refractivity contribution < 1.29 is 23.8 Å². The molecule has 12 heteroatoms. The van der Waals surface area contributed by atoms with Gasteiger partial charge in [-0.1, -0.05) is 0 Å². The van der Waals surface area contributed by atoms with Crippen LogP contribution in [0.5, 0.6) is 5.88 Å². The van der Waals surface area contributed by atoms with E-state index in [-0.39, 0.29) is 17.9 Å². The number of amides is 3. The minimum Gasteiger partial charge on any atom is -0.477 e. The summed E-state index contributed by atoms with van der Waals surface area (Å²) in [5.41, 5.74) is 2.76. The molecule has 2 atom stereocenters. The Morgan fingerprint density at radius 3 is 2.60 bits per heavy atom. The van der Waals surface area contributed by atoms with E-state index in [4.69, 9.17) is 19.2 Å². The first-order valence-corrected chi connectivity index (χ1v) is 14.5. The number of methoxy groups -OCH3 is 1. The molecule has 3 amide bonds. The number of carbonyl (C=O) groups is 2. The molecule has 12 nitrogen and oxygen atoms in total. The lowest BCUT2D eigenvalue weighted by Crippen LogP contribution is -2.48. The van der Waals surface area contributed by atoms with E-state index in [2.05, 4.69) is 15.4 Å². The fourth-order valence-electron chi connectivity index (χ4n) is 6.68. The smallest absolute Gasteiger partial charge is 0.320 e. The minimum absolute atomic E-state index is 0.00752. The van der Waals surface area contributed by atoms with Gasteiger partial charge in [0.1, 0.15) is 11.3 Å². The summed E-state index contributed by atoms with van der Waals surface area (Å²) in [5.74, 6) is 1.41. The van der Waals surface area contributed by atoms with Crippen molar-refractivity contribution >= 4 is 11.9 Å². The van der Waals surface area contributed by atoms with Crippen LogP contribution in [0.25, 0.3) is 0 Å². The number of rotatable bonds is 6. The van der Waals surface area contributed by atoms with Gasteiger partial charge in [0.25, 0.3) is 5.91 Å². The van der Waals surface area contributed by atoms with Gasteiger partial charge in [0.05, 0.1) is 31.9 Å². The summed E-state index contributed by atoms with van der Waals surface area (Å²) in [6, 6.07) is 3.73. The summed E-state index contributed by atoms with van der Waals surface area (Å²) in [5, 5.41) is 11.0. The second kappa shape index (κ2) is 10.3. The Morgan fingerprint density at radius 1 is 1.05 bits per heavy atom. The number of nitrogens with one attached hydrogen (secondary N) is 1. The number of likely N-dealkylation sites (tertiary alicyclic amines) is 2. The number of aromatic nitrogens is 4. The zero-order valence-corrected chi connectivity index (χ0v) is 23.0. The van der Waals surface area contributed by atoms with Crippen molar-refractivity contribution in [2.45, 2.75) is 50.2 Å². The number of hydrogen-bond acceptors (Lipinski definition) is 8. The van der Waals surface area contributed by atoms with E-state index in [0.717, 1.165) is 56.0 Å². The maximum absolute atomic E-state index is 13.8. The predicted octanol–water partition coefficient (Wildman–Crippen LogP) is 1.83. The standard InChI is InChI=1S/C28H37N7O5/c1-38-28-16-34(12-21(28)13-35(17-28)27(37)33-7-4-22-24(14-33)31-32-30-22)26(36)20-10-23(19-2-3-19)29-25(11-20)40-15-18-5-8-39-9-6-18/h10-11,18-19,21H,2-9,12-17H2,1H3,(H,30,31,32)/t21-,28+/m0/s1. The summed E-state index contributed by atoms with van der Waals surface area (Å²) in [4.78, 5) is 37.6. The van der Waals surface area contributed by atoms with E-state index in [1.807, 2.05) is 20.8 Å². The van der Waals surface area contributed by atoms with Gasteiger partial charge in [-0.05, 0) is 37.7 Å². The molecule has 214 valence electrons. The van der Waals surface area contributed by atoms with Crippen molar-refractivity contribution in [1.82, 2.24) is 35.1 Å². The average molecular weight is 552 g/mol. The summed E-state index contributed by atoms with van der Waals surface area (Å²) in [6.45, 7) is 5.23. The first kappa shape index (κ1) is 25.7. The first-order chi connectivity index (χ1) is 19.5. The highest BCUT2D eigenvalue weighted by molar-refractivity contribution is 5.95. The number of aromatic amines is 1. The summed E-state index contributed by atoms with van der Waals surface area (Å²) >= 11 is 0. The number of fused-ring (bicyclic) bond motifs is 2. The molecule has 3 saturated heterocycles. The minimum atomic E-state index is -0.575. The number of carbonyl (C=O) groups excluding carboxylic acids is 2. The van der Waals surface area contributed by atoms with Crippen molar-refractivity contribution in [3.05, 3.63) is 34.8 Å². The number of urea groups is 1. The van der Waals surface area contributed by atoms with Gasteiger partial charge in [0.2, 0.25) is 5.88 Å². The monoisotopic (exact) mass is 551 g/mol. The summed E-state index contributed by atoms with van der Waals surface area (Å²) in [6.07, 6.45) is 4.87. The number of nitrogens with zero attached hydrogens (tertiary/aromatic N) is 6. The van der Waals surface area contributed by atoms with Crippen LogP contribution in [0.2, 0.25) is 0 Å². The maximum Gasteiger partial charge on any atom is 0.320 e. The molecule has 0 spiro atoms. The Bertz CT molecular complexity index is 1280. The highest BCUT2D eigenvalue weighted by Crippen LogP contribution is 2.42. The zero-order valence-electron chi connectivity index (χ0n) is 23.0. The fraction of sp³-hybridized carbons (Fsp3) is 0.679. The third-order valence-electron chi connectivity index (χ3n) is 9.31. The fourth-order valence-corrected chi connectivity index (χ4v) is 6.68. The van der Waals surface area contributed by atoms with Crippen molar-refractivity contribution in [3.8, 4) is 5.88 Å². The Labute approximate surface area is 233 Å². The van der Waals surface area contributed by atoms with Gasteiger partial charge in [0.15, 0.2) is 0 Å². The molecule has 0 unspecified atom stereocenters. The van der Waals surface area contributed by atoms with E-state index >= 15 is 0 Å². The Balaban J connectivity index is 1.03.